The van der Waals surface area contributed by atoms with Gasteiger partial charge in [-0.1, -0.05) is 30.3 Å². The van der Waals surface area contributed by atoms with Gasteiger partial charge in [0.1, 0.15) is 5.78 Å². The Hall–Kier alpha value is -1.86. The van der Waals surface area contributed by atoms with Crippen LogP contribution in [0.15, 0.2) is 30.3 Å². The fourth-order valence-corrected chi connectivity index (χ4v) is 4.54. The molecule has 0 aromatic heterocycles. The number of Topliss-reactive ketones (excluding diaryl/α,β-unsaturated/α-hetero) is 1. The van der Waals surface area contributed by atoms with Crippen LogP contribution in [0.4, 0.5) is 0 Å². The molecule has 2 aliphatic heterocycles. The van der Waals surface area contributed by atoms with E-state index >= 15 is 0 Å². The summed E-state index contributed by atoms with van der Waals surface area (Å²) in [7, 11) is 1.27. The Morgan fingerprint density at radius 3 is 2.74 bits per heavy atom. The second kappa shape index (κ2) is 5.98. The average Bonchev–Trinajstić information content (AvgIpc) is 2.88. The van der Waals surface area contributed by atoms with Crippen molar-refractivity contribution in [2.45, 2.75) is 23.1 Å². The molecule has 1 aromatic rings. The van der Waals surface area contributed by atoms with Crippen molar-refractivity contribution in [2.24, 2.45) is 11.7 Å². The molecule has 1 aromatic carbocycles. The largest absolute Gasteiger partial charge is 0.467 e. The number of β-lactam (4-membered cyclic amide) rings is 1. The molecular formula is C16H18N2O4S. The van der Waals surface area contributed by atoms with Crippen LogP contribution < -0.4 is 5.73 Å². The summed E-state index contributed by atoms with van der Waals surface area (Å²) in [6.07, 6.45) is 0.492. The van der Waals surface area contributed by atoms with Gasteiger partial charge in [-0.15, -0.1) is 11.8 Å². The smallest absolute Gasteiger partial charge is 0.338 e. The molecule has 2 aliphatic rings. The van der Waals surface area contributed by atoms with E-state index in [9.17, 15) is 14.4 Å². The molecule has 2 fully saturated rings. The van der Waals surface area contributed by atoms with Crippen molar-refractivity contribution in [3.05, 3.63) is 35.9 Å². The third-order valence-corrected chi connectivity index (χ3v) is 5.75. The summed E-state index contributed by atoms with van der Waals surface area (Å²) in [4.78, 5) is 36.5. The minimum atomic E-state index is -1.23. The number of carbonyl (C=O) groups excluding carboxylic acids is 3. The van der Waals surface area contributed by atoms with Crippen LogP contribution in [0.3, 0.4) is 0 Å². The first-order valence-corrected chi connectivity index (χ1v) is 8.24. The zero-order valence-electron chi connectivity index (χ0n) is 12.7. The molecular weight excluding hydrogens is 316 g/mol. The van der Waals surface area contributed by atoms with E-state index in [4.69, 9.17) is 10.5 Å². The van der Waals surface area contributed by atoms with Gasteiger partial charge in [-0.05, 0) is 5.56 Å². The van der Waals surface area contributed by atoms with Gasteiger partial charge in [0.05, 0.1) is 24.9 Å². The summed E-state index contributed by atoms with van der Waals surface area (Å²) in [5, 5.41) is -0.216. The molecule has 0 spiro atoms. The molecule has 0 aliphatic carbocycles. The van der Waals surface area contributed by atoms with Gasteiger partial charge in [0.2, 0.25) is 5.91 Å². The number of esters is 1. The van der Waals surface area contributed by atoms with Crippen LogP contribution in [0.25, 0.3) is 0 Å². The number of methoxy groups -OCH3 is 1. The highest BCUT2D eigenvalue weighted by atomic mass is 32.2. The Morgan fingerprint density at radius 1 is 1.39 bits per heavy atom. The van der Waals surface area contributed by atoms with E-state index in [0.717, 1.165) is 5.56 Å². The average molecular weight is 334 g/mol. The summed E-state index contributed by atoms with van der Waals surface area (Å²) in [6.45, 7) is 0.136. The highest BCUT2D eigenvalue weighted by Gasteiger charge is 2.60. The van der Waals surface area contributed by atoms with Crippen molar-refractivity contribution < 1.29 is 19.1 Å². The number of hydrogen-bond donors (Lipinski definition) is 1. The van der Waals surface area contributed by atoms with Crippen molar-refractivity contribution in [1.29, 1.82) is 0 Å². The molecule has 2 saturated heterocycles. The quantitative estimate of drug-likeness (QED) is 0.625. The number of benzene rings is 1. The summed E-state index contributed by atoms with van der Waals surface area (Å²) >= 11 is 1.21. The lowest BCUT2D eigenvalue weighted by molar-refractivity contribution is -0.153. The number of ketones is 1. The SMILES string of the molecule is COC(=O)[C@@]1(N)CN2C(=O)[C@@H](CC(=O)Cc3ccccc3)C2S1. The van der Waals surface area contributed by atoms with Crippen molar-refractivity contribution >= 4 is 29.4 Å². The lowest BCUT2D eigenvalue weighted by Gasteiger charge is -2.41. The lowest BCUT2D eigenvalue weighted by Crippen LogP contribution is -2.58. The monoisotopic (exact) mass is 334 g/mol. The highest BCUT2D eigenvalue weighted by Crippen LogP contribution is 2.48. The number of thioether (sulfide) groups is 1. The number of nitrogens with zero attached hydrogens (tertiary/aromatic N) is 1. The van der Waals surface area contributed by atoms with Gasteiger partial charge < -0.3 is 15.4 Å². The topological polar surface area (TPSA) is 89.7 Å². The summed E-state index contributed by atoms with van der Waals surface area (Å²) in [6, 6.07) is 9.43. The molecule has 6 nitrogen and oxygen atoms in total. The molecule has 2 heterocycles. The minimum Gasteiger partial charge on any atom is -0.467 e. The fourth-order valence-electron chi connectivity index (χ4n) is 3.03. The van der Waals surface area contributed by atoms with Crippen LogP contribution in [0.2, 0.25) is 0 Å². The van der Waals surface area contributed by atoms with E-state index in [1.54, 1.807) is 4.90 Å². The zero-order chi connectivity index (χ0) is 16.6. The molecule has 7 heteroatoms. The molecule has 122 valence electrons. The Kier molecular flexibility index (Phi) is 4.16. The van der Waals surface area contributed by atoms with Crippen LogP contribution in [0.5, 0.6) is 0 Å². The molecule has 3 atom stereocenters. The number of hydrogen-bond acceptors (Lipinski definition) is 6. The Labute approximate surface area is 138 Å². The second-order valence-electron chi connectivity index (χ2n) is 5.87. The van der Waals surface area contributed by atoms with Gasteiger partial charge >= 0.3 is 5.97 Å². The zero-order valence-corrected chi connectivity index (χ0v) is 13.5. The summed E-state index contributed by atoms with van der Waals surface area (Å²) in [5.74, 6) is -1.03. The summed E-state index contributed by atoms with van der Waals surface area (Å²) in [5.41, 5.74) is 6.96. The van der Waals surface area contributed by atoms with Crippen LogP contribution >= 0.6 is 11.8 Å². The Bertz CT molecular complexity index is 651. The van der Waals surface area contributed by atoms with Crippen LogP contribution in [-0.2, 0) is 25.5 Å². The first-order valence-electron chi connectivity index (χ1n) is 7.36. The number of fused-ring (bicyclic) bond motifs is 1. The van der Waals surface area contributed by atoms with Gasteiger partial charge in [0, 0.05) is 12.8 Å². The molecule has 1 amide bonds. The molecule has 0 saturated carbocycles. The second-order valence-corrected chi connectivity index (χ2v) is 7.31. The number of carbonyl (C=O) groups is 3. The normalized spacial score (nSPS) is 29.0. The van der Waals surface area contributed by atoms with Gasteiger partial charge in [-0.3, -0.25) is 9.59 Å². The molecule has 2 N–H and O–H groups in total. The van der Waals surface area contributed by atoms with Gasteiger partial charge in [0.15, 0.2) is 4.87 Å². The summed E-state index contributed by atoms with van der Waals surface area (Å²) < 4.78 is 4.70. The molecule has 1 unspecified atom stereocenters. The van der Waals surface area contributed by atoms with Crippen molar-refractivity contribution in [1.82, 2.24) is 4.90 Å². The first-order chi connectivity index (χ1) is 10.9. The van der Waals surface area contributed by atoms with Crippen molar-refractivity contribution in [2.75, 3.05) is 13.7 Å². The van der Waals surface area contributed by atoms with E-state index in [1.165, 1.54) is 18.9 Å². The van der Waals surface area contributed by atoms with Gasteiger partial charge in [0.25, 0.3) is 0 Å². The minimum absolute atomic E-state index is 0.0161. The fraction of sp³-hybridized carbons (Fsp3) is 0.438. The van der Waals surface area contributed by atoms with E-state index in [2.05, 4.69) is 0 Å². The number of ether oxygens (including phenoxy) is 1. The maximum absolute atomic E-state index is 12.2. The Balaban J connectivity index is 1.61. The predicted molar refractivity (Wildman–Crippen MR) is 85.3 cm³/mol. The van der Waals surface area contributed by atoms with Gasteiger partial charge in [-0.2, -0.15) is 0 Å². The number of amides is 1. The number of nitrogens with two attached hydrogens (primary N) is 1. The van der Waals surface area contributed by atoms with Gasteiger partial charge in [-0.25, -0.2) is 4.79 Å². The van der Waals surface area contributed by atoms with E-state index in [0.29, 0.717) is 6.42 Å². The predicted octanol–water partition coefficient (Wildman–Crippen LogP) is 0.548. The third-order valence-electron chi connectivity index (χ3n) is 4.21. The number of rotatable bonds is 5. The van der Waals surface area contributed by atoms with Crippen LogP contribution in [0, 0.1) is 5.92 Å². The van der Waals surface area contributed by atoms with E-state index < -0.39 is 16.8 Å². The molecule has 3 rings (SSSR count). The maximum atomic E-state index is 12.2. The van der Waals surface area contributed by atoms with E-state index in [1.807, 2.05) is 30.3 Å². The standard InChI is InChI=1S/C16H18N2O4S/c1-22-15(21)16(17)9-18-13(20)12(14(18)23-16)8-11(19)7-10-5-3-2-4-6-10/h2-6,12,14H,7-9,17H2,1H3/t12-,14?,16-/m1/s1. The third kappa shape index (κ3) is 2.86. The molecule has 0 radical (unpaired) electrons. The maximum Gasteiger partial charge on any atom is 0.338 e. The molecule has 0 bridgehead atoms. The van der Waals surface area contributed by atoms with Crippen LogP contribution in [-0.4, -0.2) is 46.5 Å². The lowest BCUT2D eigenvalue weighted by atomic mass is 9.90. The van der Waals surface area contributed by atoms with E-state index in [-0.39, 0.29) is 30.0 Å². The molecule has 23 heavy (non-hydrogen) atoms. The van der Waals surface area contributed by atoms with Crippen LogP contribution in [0.1, 0.15) is 12.0 Å². The van der Waals surface area contributed by atoms with Crippen molar-refractivity contribution in [3.63, 3.8) is 0 Å². The highest BCUT2D eigenvalue weighted by molar-refractivity contribution is 8.02. The first kappa shape index (κ1) is 16.0. The van der Waals surface area contributed by atoms with Crippen molar-refractivity contribution in [3.8, 4) is 0 Å². The Morgan fingerprint density at radius 2 is 2.09 bits per heavy atom.